The SMILES string of the molecule is CSCC[C@H](NC(=O)CCS)C(=O)O. The molecule has 2 N–H and O–H groups in total. The first-order valence-electron chi connectivity index (χ1n) is 4.23. The molecule has 0 spiro atoms. The highest BCUT2D eigenvalue weighted by atomic mass is 32.2. The maximum atomic E-state index is 11.1. The number of carboxylic acid groups (broad SMARTS) is 1. The van der Waals surface area contributed by atoms with Crippen LogP contribution in [-0.4, -0.2) is 40.8 Å². The molecule has 0 aromatic rings. The fraction of sp³-hybridized carbons (Fsp3) is 0.750. The van der Waals surface area contributed by atoms with Crippen molar-refractivity contribution in [1.29, 1.82) is 0 Å². The zero-order valence-corrected chi connectivity index (χ0v) is 9.74. The lowest BCUT2D eigenvalue weighted by molar-refractivity contribution is -0.141. The van der Waals surface area contributed by atoms with Gasteiger partial charge in [0.25, 0.3) is 0 Å². The number of carbonyl (C=O) groups excluding carboxylic acids is 1. The van der Waals surface area contributed by atoms with Crippen molar-refractivity contribution in [2.75, 3.05) is 17.8 Å². The van der Waals surface area contributed by atoms with Crippen molar-refractivity contribution in [3.05, 3.63) is 0 Å². The number of thioether (sulfide) groups is 1. The van der Waals surface area contributed by atoms with Gasteiger partial charge in [0, 0.05) is 6.42 Å². The van der Waals surface area contributed by atoms with Gasteiger partial charge in [-0.05, 0) is 24.2 Å². The van der Waals surface area contributed by atoms with E-state index in [4.69, 9.17) is 5.11 Å². The molecule has 0 heterocycles. The number of nitrogens with one attached hydrogen (secondary N) is 1. The van der Waals surface area contributed by atoms with Crippen LogP contribution < -0.4 is 5.32 Å². The average Bonchev–Trinajstić information content (AvgIpc) is 2.12. The molecule has 0 aliphatic heterocycles. The molecular formula is C8H15NO3S2. The van der Waals surface area contributed by atoms with Crippen molar-refractivity contribution in [2.45, 2.75) is 18.9 Å². The Morgan fingerprint density at radius 2 is 2.21 bits per heavy atom. The van der Waals surface area contributed by atoms with E-state index < -0.39 is 12.0 Å². The molecule has 1 amide bonds. The summed E-state index contributed by atoms with van der Waals surface area (Å²) in [4.78, 5) is 21.8. The van der Waals surface area contributed by atoms with Crippen LogP contribution >= 0.6 is 24.4 Å². The van der Waals surface area contributed by atoms with E-state index in [-0.39, 0.29) is 12.3 Å². The second-order valence-corrected chi connectivity index (χ2v) is 4.15. The van der Waals surface area contributed by atoms with Crippen LogP contribution in [0.4, 0.5) is 0 Å². The lowest BCUT2D eigenvalue weighted by Gasteiger charge is -2.13. The minimum absolute atomic E-state index is 0.256. The van der Waals surface area contributed by atoms with Gasteiger partial charge >= 0.3 is 5.97 Å². The summed E-state index contributed by atoms with van der Waals surface area (Å²) in [5, 5.41) is 11.2. The quantitative estimate of drug-likeness (QED) is 0.568. The highest BCUT2D eigenvalue weighted by molar-refractivity contribution is 7.98. The van der Waals surface area contributed by atoms with E-state index in [1.54, 1.807) is 11.8 Å². The molecule has 0 bridgehead atoms. The van der Waals surface area contributed by atoms with E-state index in [9.17, 15) is 9.59 Å². The van der Waals surface area contributed by atoms with E-state index in [0.29, 0.717) is 12.2 Å². The largest absolute Gasteiger partial charge is 0.480 e. The summed E-state index contributed by atoms with van der Waals surface area (Å²) in [7, 11) is 0. The Balaban J connectivity index is 3.95. The second kappa shape index (κ2) is 7.99. The summed E-state index contributed by atoms with van der Waals surface area (Å²) in [6.07, 6.45) is 2.61. The molecule has 0 aromatic heterocycles. The second-order valence-electron chi connectivity index (χ2n) is 2.71. The van der Waals surface area contributed by atoms with Crippen LogP contribution in [0.2, 0.25) is 0 Å². The van der Waals surface area contributed by atoms with Crippen molar-refractivity contribution >= 4 is 36.3 Å². The molecule has 1 atom stereocenters. The van der Waals surface area contributed by atoms with Gasteiger partial charge in [0.15, 0.2) is 0 Å². The van der Waals surface area contributed by atoms with Crippen molar-refractivity contribution in [1.82, 2.24) is 5.32 Å². The van der Waals surface area contributed by atoms with Crippen LogP contribution in [0, 0.1) is 0 Å². The molecule has 82 valence electrons. The highest BCUT2D eigenvalue weighted by Gasteiger charge is 2.18. The first-order valence-corrected chi connectivity index (χ1v) is 6.26. The van der Waals surface area contributed by atoms with E-state index in [2.05, 4.69) is 17.9 Å². The predicted octanol–water partition coefficient (Wildman–Crippen LogP) is 0.629. The molecule has 0 radical (unpaired) electrons. The molecule has 6 heteroatoms. The first kappa shape index (κ1) is 13.6. The Morgan fingerprint density at radius 3 is 2.64 bits per heavy atom. The maximum absolute atomic E-state index is 11.1. The number of hydrogen-bond donors (Lipinski definition) is 3. The van der Waals surface area contributed by atoms with Crippen molar-refractivity contribution in [3.8, 4) is 0 Å². The normalized spacial score (nSPS) is 12.1. The molecule has 0 unspecified atom stereocenters. The molecule has 0 saturated heterocycles. The lowest BCUT2D eigenvalue weighted by atomic mass is 10.2. The summed E-state index contributed by atoms with van der Waals surface area (Å²) in [6.45, 7) is 0. The summed E-state index contributed by atoms with van der Waals surface area (Å²) in [6, 6.07) is -0.769. The predicted molar refractivity (Wildman–Crippen MR) is 61.0 cm³/mol. The highest BCUT2D eigenvalue weighted by Crippen LogP contribution is 2.01. The Morgan fingerprint density at radius 1 is 1.57 bits per heavy atom. The molecule has 0 aromatic carbocycles. The number of carbonyl (C=O) groups is 2. The van der Waals surface area contributed by atoms with Gasteiger partial charge in [-0.25, -0.2) is 4.79 Å². The molecule has 0 rings (SSSR count). The van der Waals surface area contributed by atoms with Gasteiger partial charge in [0.1, 0.15) is 6.04 Å². The van der Waals surface area contributed by atoms with Gasteiger partial charge in [-0.2, -0.15) is 24.4 Å². The summed E-state index contributed by atoms with van der Waals surface area (Å²) >= 11 is 5.45. The van der Waals surface area contributed by atoms with Gasteiger partial charge in [0.2, 0.25) is 5.91 Å². The fourth-order valence-corrected chi connectivity index (χ4v) is 1.54. The van der Waals surface area contributed by atoms with Crippen LogP contribution in [0.15, 0.2) is 0 Å². The van der Waals surface area contributed by atoms with Crippen LogP contribution in [0.5, 0.6) is 0 Å². The van der Waals surface area contributed by atoms with Gasteiger partial charge in [0.05, 0.1) is 0 Å². The van der Waals surface area contributed by atoms with E-state index in [0.717, 1.165) is 5.75 Å². The third kappa shape index (κ3) is 6.15. The van der Waals surface area contributed by atoms with Gasteiger partial charge in [-0.3, -0.25) is 4.79 Å². The maximum Gasteiger partial charge on any atom is 0.326 e. The number of aliphatic carboxylic acids is 1. The number of amides is 1. The zero-order valence-electron chi connectivity index (χ0n) is 8.02. The molecular weight excluding hydrogens is 222 g/mol. The van der Waals surface area contributed by atoms with Gasteiger partial charge < -0.3 is 10.4 Å². The number of carboxylic acids is 1. The topological polar surface area (TPSA) is 66.4 Å². The number of rotatable bonds is 7. The third-order valence-corrected chi connectivity index (χ3v) is 2.45. The molecule has 0 fully saturated rings. The monoisotopic (exact) mass is 237 g/mol. The number of hydrogen-bond acceptors (Lipinski definition) is 4. The molecule has 14 heavy (non-hydrogen) atoms. The smallest absolute Gasteiger partial charge is 0.326 e. The van der Waals surface area contributed by atoms with Crippen molar-refractivity contribution in [2.24, 2.45) is 0 Å². The number of thiol groups is 1. The fourth-order valence-electron chi connectivity index (χ4n) is 0.861. The Hall–Kier alpha value is -0.360. The molecule has 0 aliphatic rings. The van der Waals surface area contributed by atoms with E-state index in [1.807, 2.05) is 6.26 Å². The Labute approximate surface area is 93.2 Å². The van der Waals surface area contributed by atoms with Gasteiger partial charge in [-0.15, -0.1) is 0 Å². The average molecular weight is 237 g/mol. The van der Waals surface area contributed by atoms with Crippen LogP contribution in [0.3, 0.4) is 0 Å². The molecule has 4 nitrogen and oxygen atoms in total. The van der Waals surface area contributed by atoms with Gasteiger partial charge in [-0.1, -0.05) is 0 Å². The lowest BCUT2D eigenvalue weighted by Crippen LogP contribution is -2.41. The van der Waals surface area contributed by atoms with Crippen LogP contribution in [-0.2, 0) is 9.59 Å². The van der Waals surface area contributed by atoms with Crippen molar-refractivity contribution < 1.29 is 14.7 Å². The standard InChI is InChI=1S/C8H15NO3S2/c1-14-5-3-6(8(11)12)9-7(10)2-4-13/h6,13H,2-5H2,1H3,(H,9,10)(H,11,12)/t6-/m0/s1. The molecule has 0 saturated carbocycles. The Bertz CT molecular complexity index is 199. The van der Waals surface area contributed by atoms with E-state index in [1.165, 1.54) is 0 Å². The minimum Gasteiger partial charge on any atom is -0.480 e. The molecule has 0 aliphatic carbocycles. The Kier molecular flexibility index (Phi) is 7.78. The zero-order chi connectivity index (χ0) is 11.0. The first-order chi connectivity index (χ1) is 6.61. The summed E-state index contributed by atoms with van der Waals surface area (Å²) < 4.78 is 0. The summed E-state index contributed by atoms with van der Waals surface area (Å²) in [5.74, 6) is -0.0844. The third-order valence-electron chi connectivity index (χ3n) is 1.58. The van der Waals surface area contributed by atoms with E-state index >= 15 is 0 Å². The minimum atomic E-state index is -0.980. The van der Waals surface area contributed by atoms with Crippen molar-refractivity contribution in [3.63, 3.8) is 0 Å². The van der Waals surface area contributed by atoms with Crippen LogP contribution in [0.1, 0.15) is 12.8 Å². The van der Waals surface area contributed by atoms with Crippen LogP contribution in [0.25, 0.3) is 0 Å². The summed E-state index contributed by atoms with van der Waals surface area (Å²) in [5.41, 5.74) is 0.